The smallest absolute Gasteiger partial charge is 0.253 e. The van der Waals surface area contributed by atoms with E-state index in [-0.39, 0.29) is 42.4 Å². The van der Waals surface area contributed by atoms with E-state index in [1.54, 1.807) is 54.6 Å². The van der Waals surface area contributed by atoms with Gasteiger partial charge in [-0.1, -0.05) is 12.1 Å². The fourth-order valence-corrected chi connectivity index (χ4v) is 5.39. The summed E-state index contributed by atoms with van der Waals surface area (Å²) >= 11 is 0. The number of hydrogen-bond donors (Lipinski definition) is 2. The Balaban J connectivity index is 1.29. The fourth-order valence-electron chi connectivity index (χ4n) is 5.39. The van der Waals surface area contributed by atoms with Crippen LogP contribution in [0, 0.1) is 17.5 Å². The number of likely N-dealkylation sites (tertiary alicyclic amines) is 1. The van der Waals surface area contributed by atoms with Crippen molar-refractivity contribution in [3.63, 3.8) is 0 Å². The van der Waals surface area contributed by atoms with E-state index >= 15 is 8.78 Å². The van der Waals surface area contributed by atoms with Crippen LogP contribution in [0.3, 0.4) is 0 Å². The van der Waals surface area contributed by atoms with Crippen molar-refractivity contribution in [3.05, 3.63) is 113 Å². The molecule has 0 bridgehead atoms. The number of alkyl halides is 2. The van der Waals surface area contributed by atoms with Gasteiger partial charge >= 0.3 is 0 Å². The molecule has 2 aromatic heterocycles. The molecule has 0 saturated carbocycles. The van der Waals surface area contributed by atoms with Crippen molar-refractivity contribution in [3.8, 4) is 22.3 Å². The Labute approximate surface area is 265 Å². The largest absolute Gasteiger partial charge is 0.459 e. The van der Waals surface area contributed by atoms with Crippen LogP contribution in [0.25, 0.3) is 39.3 Å². The number of nitrogen functional groups attached to an aromatic ring is 1. The first-order valence-corrected chi connectivity index (χ1v) is 14.6. The molecule has 2 amide bonds. The highest BCUT2D eigenvalue weighted by Crippen LogP contribution is 2.39. The number of carbonyl (C=O) groups excluding carboxylic acids is 2. The number of hydrogen-bond acceptors (Lipinski definition) is 5. The monoisotopic (exact) mass is 646 g/mol. The molecular weight excluding hydrogens is 619 g/mol. The zero-order chi connectivity index (χ0) is 33.3. The molecule has 1 aliphatic heterocycles. The molecule has 0 aliphatic carbocycles. The maximum absolute atomic E-state index is 15.0. The van der Waals surface area contributed by atoms with Crippen LogP contribution < -0.4 is 11.1 Å². The molecule has 6 rings (SSSR count). The number of fused-ring (bicyclic) bond motifs is 1. The van der Waals surface area contributed by atoms with Gasteiger partial charge in [0, 0.05) is 66.8 Å². The minimum atomic E-state index is -2.79. The number of furan rings is 1. The lowest BCUT2D eigenvalue weighted by Crippen LogP contribution is -2.42. The number of benzene rings is 3. The first-order valence-electron chi connectivity index (χ1n) is 14.6. The Morgan fingerprint density at radius 1 is 0.936 bits per heavy atom. The lowest BCUT2D eigenvalue weighted by atomic mass is 9.95. The Kier molecular flexibility index (Phi) is 8.50. The third-order valence-electron chi connectivity index (χ3n) is 7.86. The lowest BCUT2D eigenvalue weighted by Gasteiger charge is -2.31. The normalized spacial score (nSPS) is 14.5. The van der Waals surface area contributed by atoms with Gasteiger partial charge in [-0.3, -0.25) is 9.59 Å². The van der Waals surface area contributed by atoms with Crippen molar-refractivity contribution >= 4 is 34.7 Å². The van der Waals surface area contributed by atoms with E-state index in [4.69, 9.17) is 10.2 Å². The summed E-state index contributed by atoms with van der Waals surface area (Å²) in [6.45, 7) is -0.162. The summed E-state index contributed by atoms with van der Waals surface area (Å²) in [6.07, 6.45) is 3.57. The van der Waals surface area contributed by atoms with Gasteiger partial charge in [0.05, 0.1) is 12.1 Å². The van der Waals surface area contributed by atoms with Crippen LogP contribution in [0.4, 0.5) is 27.8 Å². The zero-order valence-corrected chi connectivity index (χ0v) is 24.7. The van der Waals surface area contributed by atoms with Gasteiger partial charge < -0.3 is 20.4 Å². The summed E-state index contributed by atoms with van der Waals surface area (Å²) in [5, 5.41) is 3.13. The summed E-state index contributed by atoms with van der Waals surface area (Å²) in [5.74, 6) is -6.33. The summed E-state index contributed by atoms with van der Waals surface area (Å²) < 4.78 is 77.0. The zero-order valence-electron chi connectivity index (χ0n) is 24.7. The molecule has 3 N–H and O–H groups in total. The molecular formula is C35H27F5N4O3. The second-order valence-electron chi connectivity index (χ2n) is 11.2. The van der Waals surface area contributed by atoms with Crippen molar-refractivity contribution in [2.75, 3.05) is 18.8 Å². The van der Waals surface area contributed by atoms with E-state index in [0.717, 1.165) is 0 Å². The molecule has 1 fully saturated rings. The van der Waals surface area contributed by atoms with Gasteiger partial charge in [-0.05, 0) is 65.2 Å². The Morgan fingerprint density at radius 2 is 1.64 bits per heavy atom. The van der Waals surface area contributed by atoms with Gasteiger partial charge in [-0.15, -0.1) is 0 Å². The highest BCUT2D eigenvalue weighted by Gasteiger charge is 2.35. The number of aromatic nitrogens is 1. The number of nitrogens with two attached hydrogens (primary N) is 1. The number of piperidine rings is 1. The summed E-state index contributed by atoms with van der Waals surface area (Å²) in [5.41, 5.74) is 7.24. The average Bonchev–Trinajstić information content (AvgIpc) is 3.46. The van der Waals surface area contributed by atoms with Gasteiger partial charge in [0.1, 0.15) is 34.6 Å². The van der Waals surface area contributed by atoms with Crippen LogP contribution in [0.1, 0.15) is 34.5 Å². The Bertz CT molecular complexity index is 1970. The molecule has 240 valence electrons. The molecule has 12 heteroatoms. The first-order chi connectivity index (χ1) is 22.5. The number of halogens is 5. The highest BCUT2D eigenvalue weighted by molar-refractivity contribution is 5.98. The van der Waals surface area contributed by atoms with Gasteiger partial charge in [0.25, 0.3) is 11.8 Å². The van der Waals surface area contributed by atoms with Crippen LogP contribution in [0.15, 0.2) is 83.4 Å². The van der Waals surface area contributed by atoms with Crippen LogP contribution >= 0.6 is 0 Å². The van der Waals surface area contributed by atoms with E-state index in [1.165, 1.54) is 23.2 Å². The van der Waals surface area contributed by atoms with Crippen molar-refractivity contribution in [1.29, 1.82) is 0 Å². The molecule has 0 radical (unpaired) electrons. The number of anilines is 1. The standard InChI is InChI=1S/C35H27F5N4O3/c36-25-16-28(37)32(29(38)17-25)27-15-23(21-3-5-22(6-4-21)34(46)44-11-9-35(39,40)10-12-44)13-24-14-26(47-33(24)27)19-43-31(45)8-2-20-1-7-30(41)42-18-20/h1-8,13-18H,9-12,19H2,(H2,41,42)(H,43,45). The average molecular weight is 647 g/mol. The van der Waals surface area contributed by atoms with Gasteiger partial charge in [0.2, 0.25) is 5.91 Å². The molecule has 47 heavy (non-hydrogen) atoms. The van der Waals surface area contributed by atoms with E-state index in [2.05, 4.69) is 10.3 Å². The lowest BCUT2D eigenvalue weighted by molar-refractivity contribution is -0.116. The number of carbonyl (C=O) groups is 2. The number of amides is 2. The second-order valence-corrected chi connectivity index (χ2v) is 11.2. The maximum atomic E-state index is 15.0. The van der Waals surface area contributed by atoms with Crippen LogP contribution in [0.5, 0.6) is 0 Å². The third-order valence-corrected chi connectivity index (χ3v) is 7.86. The summed E-state index contributed by atoms with van der Waals surface area (Å²) in [4.78, 5) is 30.7. The molecule has 7 nitrogen and oxygen atoms in total. The first kappa shape index (κ1) is 31.5. The van der Waals surface area contributed by atoms with Crippen molar-refractivity contribution in [2.45, 2.75) is 25.3 Å². The van der Waals surface area contributed by atoms with E-state index < -0.39 is 47.7 Å². The molecule has 0 atom stereocenters. The Morgan fingerprint density at radius 3 is 2.30 bits per heavy atom. The molecule has 0 unspecified atom stereocenters. The van der Waals surface area contributed by atoms with Gasteiger partial charge in [-0.25, -0.2) is 26.9 Å². The number of pyridine rings is 1. The minimum absolute atomic E-state index is 0.00946. The van der Waals surface area contributed by atoms with Crippen molar-refractivity contribution < 1.29 is 36.0 Å². The highest BCUT2D eigenvalue weighted by atomic mass is 19.3. The molecule has 1 aliphatic rings. The quantitative estimate of drug-likeness (QED) is 0.142. The number of nitrogens with zero attached hydrogens (tertiary/aromatic N) is 2. The van der Waals surface area contributed by atoms with Crippen LogP contribution in [-0.4, -0.2) is 40.7 Å². The topological polar surface area (TPSA) is 101 Å². The SMILES string of the molecule is Nc1ccc(C=CC(=O)NCc2cc3cc(-c4ccc(C(=O)N5CCC(F)(F)CC5)cc4)cc(-c4c(F)cc(F)cc4F)c3o2)cn1. The van der Waals surface area contributed by atoms with Crippen LogP contribution in [0.2, 0.25) is 0 Å². The maximum Gasteiger partial charge on any atom is 0.253 e. The van der Waals surface area contributed by atoms with E-state index in [9.17, 15) is 22.8 Å². The molecule has 5 aromatic rings. The molecule has 3 heterocycles. The predicted octanol–water partition coefficient (Wildman–Crippen LogP) is 7.36. The van der Waals surface area contributed by atoms with E-state index in [0.29, 0.717) is 45.6 Å². The van der Waals surface area contributed by atoms with E-state index in [1.807, 2.05) is 0 Å². The predicted molar refractivity (Wildman–Crippen MR) is 167 cm³/mol. The summed E-state index contributed by atoms with van der Waals surface area (Å²) in [7, 11) is 0. The Hall–Kier alpha value is -5.52. The van der Waals surface area contributed by atoms with Crippen molar-refractivity contribution in [2.24, 2.45) is 0 Å². The summed E-state index contributed by atoms with van der Waals surface area (Å²) in [6, 6.07) is 15.6. The molecule has 0 spiro atoms. The van der Waals surface area contributed by atoms with Gasteiger partial charge in [0.15, 0.2) is 0 Å². The molecule has 3 aromatic carbocycles. The second kappa shape index (κ2) is 12.7. The minimum Gasteiger partial charge on any atom is -0.459 e. The van der Waals surface area contributed by atoms with Crippen LogP contribution in [-0.2, 0) is 11.3 Å². The van der Waals surface area contributed by atoms with Gasteiger partial charge in [-0.2, -0.15) is 0 Å². The third kappa shape index (κ3) is 7.01. The fraction of sp³-hybridized carbons (Fsp3) is 0.171. The van der Waals surface area contributed by atoms with Crippen molar-refractivity contribution in [1.82, 2.24) is 15.2 Å². The number of rotatable bonds is 7. The molecule has 1 saturated heterocycles. The number of nitrogens with one attached hydrogen (secondary N) is 1.